The van der Waals surface area contributed by atoms with E-state index >= 15 is 0 Å². The minimum Gasteiger partial charge on any atom is -0.486 e. The molecular weight excluding hydrogens is 502 g/mol. The summed E-state index contributed by atoms with van der Waals surface area (Å²) in [4.78, 5) is 12.9. The van der Waals surface area contributed by atoms with Gasteiger partial charge >= 0.3 is 0 Å². The second kappa shape index (κ2) is 8.57. The zero-order chi connectivity index (χ0) is 20.4. The molecule has 1 amide bonds. The van der Waals surface area contributed by atoms with Gasteiger partial charge in [-0.25, -0.2) is 0 Å². The van der Waals surface area contributed by atoms with Gasteiger partial charge < -0.3 is 19.9 Å². The van der Waals surface area contributed by atoms with Crippen LogP contribution in [0.15, 0.2) is 69.6 Å². The van der Waals surface area contributed by atoms with Gasteiger partial charge in [0.2, 0.25) is 0 Å². The van der Waals surface area contributed by atoms with E-state index < -0.39 is 6.10 Å². The lowest BCUT2D eigenvalue weighted by Crippen LogP contribution is -2.19. The molecule has 0 bridgehead atoms. The van der Waals surface area contributed by atoms with Crippen LogP contribution in [0.5, 0.6) is 11.5 Å². The molecule has 2 N–H and O–H groups in total. The van der Waals surface area contributed by atoms with Crippen LogP contribution in [0.25, 0.3) is 0 Å². The van der Waals surface area contributed by atoms with Gasteiger partial charge in [-0.15, -0.1) is 0 Å². The van der Waals surface area contributed by atoms with Crippen molar-refractivity contribution < 1.29 is 19.4 Å². The number of fused-ring (bicyclic) bond motifs is 1. The van der Waals surface area contributed by atoms with Gasteiger partial charge in [-0.3, -0.25) is 4.79 Å². The molecule has 0 saturated heterocycles. The normalized spacial score (nSPS) is 13.6. The van der Waals surface area contributed by atoms with Crippen LogP contribution >= 0.6 is 31.9 Å². The number of anilines is 1. The van der Waals surface area contributed by atoms with E-state index in [9.17, 15) is 9.90 Å². The van der Waals surface area contributed by atoms with Crippen molar-refractivity contribution in [3.05, 3.63) is 86.3 Å². The molecule has 3 aromatic rings. The van der Waals surface area contributed by atoms with Crippen LogP contribution in [0, 0.1) is 0 Å². The fourth-order valence-electron chi connectivity index (χ4n) is 3.10. The van der Waals surface area contributed by atoms with Crippen molar-refractivity contribution in [1.29, 1.82) is 0 Å². The number of hydrogen-bond acceptors (Lipinski definition) is 4. The van der Waals surface area contributed by atoms with Gasteiger partial charge in [0.15, 0.2) is 11.5 Å². The Balaban J connectivity index is 1.74. The van der Waals surface area contributed by atoms with E-state index in [1.807, 2.05) is 30.3 Å². The van der Waals surface area contributed by atoms with E-state index in [1.54, 1.807) is 30.3 Å². The zero-order valence-corrected chi connectivity index (χ0v) is 18.4. The number of carbonyl (C=O) groups is 1. The first kappa shape index (κ1) is 19.9. The van der Waals surface area contributed by atoms with E-state index in [1.165, 1.54) is 0 Å². The number of benzene rings is 3. The Kier molecular flexibility index (Phi) is 5.89. The van der Waals surface area contributed by atoms with Crippen molar-refractivity contribution in [3.8, 4) is 11.5 Å². The van der Waals surface area contributed by atoms with Crippen LogP contribution in [-0.4, -0.2) is 24.2 Å². The van der Waals surface area contributed by atoms with Crippen LogP contribution in [0.2, 0.25) is 0 Å². The Hall–Kier alpha value is -2.35. The fourth-order valence-corrected chi connectivity index (χ4v) is 3.83. The molecule has 5 nitrogen and oxygen atoms in total. The monoisotopic (exact) mass is 517 g/mol. The summed E-state index contributed by atoms with van der Waals surface area (Å²) in [7, 11) is 0. The Morgan fingerprint density at radius 3 is 2.31 bits per heavy atom. The Morgan fingerprint density at radius 2 is 1.62 bits per heavy atom. The Labute approximate surface area is 184 Å². The second-order valence-electron chi connectivity index (χ2n) is 6.47. The molecule has 0 spiro atoms. The highest BCUT2D eigenvalue weighted by Crippen LogP contribution is 2.40. The molecule has 148 valence electrons. The van der Waals surface area contributed by atoms with Crippen LogP contribution in [-0.2, 0) is 0 Å². The van der Waals surface area contributed by atoms with Gasteiger partial charge in [0.25, 0.3) is 5.91 Å². The number of halogens is 2. The number of carbonyl (C=O) groups excluding carboxylic acids is 1. The number of aliphatic hydroxyl groups is 1. The van der Waals surface area contributed by atoms with Crippen molar-refractivity contribution in [2.24, 2.45) is 0 Å². The minimum atomic E-state index is -0.951. The molecular formula is C22H17Br2NO4. The molecule has 29 heavy (non-hydrogen) atoms. The molecule has 0 aliphatic carbocycles. The largest absolute Gasteiger partial charge is 0.486 e. The molecule has 0 unspecified atom stereocenters. The summed E-state index contributed by atoms with van der Waals surface area (Å²) in [5, 5.41) is 13.9. The summed E-state index contributed by atoms with van der Waals surface area (Å²) in [5.41, 5.74) is 2.18. The number of amides is 1. The third-order valence-electron chi connectivity index (χ3n) is 4.56. The van der Waals surface area contributed by atoms with Gasteiger partial charge in [0.05, 0.1) is 11.3 Å². The van der Waals surface area contributed by atoms with Crippen molar-refractivity contribution in [2.75, 3.05) is 18.5 Å². The average molecular weight is 519 g/mol. The van der Waals surface area contributed by atoms with Gasteiger partial charge in [0.1, 0.15) is 19.3 Å². The highest BCUT2D eigenvalue weighted by atomic mass is 79.9. The van der Waals surface area contributed by atoms with E-state index in [2.05, 4.69) is 37.2 Å². The first-order valence-electron chi connectivity index (χ1n) is 8.96. The number of hydrogen-bond donors (Lipinski definition) is 2. The highest BCUT2D eigenvalue weighted by molar-refractivity contribution is 9.10. The van der Waals surface area contributed by atoms with Crippen LogP contribution in [0.3, 0.4) is 0 Å². The molecule has 0 radical (unpaired) electrons. The van der Waals surface area contributed by atoms with Gasteiger partial charge in [-0.2, -0.15) is 0 Å². The van der Waals surface area contributed by atoms with E-state index in [-0.39, 0.29) is 5.91 Å². The molecule has 1 atom stereocenters. The number of ether oxygens (including phenoxy) is 2. The number of aliphatic hydroxyl groups excluding tert-OH is 1. The Bertz CT molecular complexity index is 1050. The van der Waals surface area contributed by atoms with Crippen molar-refractivity contribution >= 4 is 43.5 Å². The third-order valence-corrected chi connectivity index (χ3v) is 5.78. The van der Waals surface area contributed by atoms with Crippen LogP contribution in [0.1, 0.15) is 27.6 Å². The maximum absolute atomic E-state index is 12.9. The van der Waals surface area contributed by atoms with Crippen molar-refractivity contribution in [1.82, 2.24) is 0 Å². The SMILES string of the molecule is O=C(Nc1cc2c(cc1[C@H](O)c1ccc(Br)cc1)OCCO2)c1ccccc1Br. The summed E-state index contributed by atoms with van der Waals surface area (Å²) in [6.07, 6.45) is -0.951. The first-order chi connectivity index (χ1) is 14.0. The maximum Gasteiger partial charge on any atom is 0.256 e. The molecule has 7 heteroatoms. The average Bonchev–Trinajstić information content (AvgIpc) is 2.73. The van der Waals surface area contributed by atoms with Gasteiger partial charge in [0, 0.05) is 20.6 Å². The lowest BCUT2D eigenvalue weighted by atomic mass is 9.98. The highest BCUT2D eigenvalue weighted by Gasteiger charge is 2.23. The molecule has 1 aliphatic heterocycles. The van der Waals surface area contributed by atoms with Crippen LogP contribution in [0.4, 0.5) is 5.69 Å². The van der Waals surface area contributed by atoms with Crippen molar-refractivity contribution in [2.45, 2.75) is 6.10 Å². The summed E-state index contributed by atoms with van der Waals surface area (Å²) >= 11 is 6.80. The van der Waals surface area contributed by atoms with Crippen LogP contribution < -0.4 is 14.8 Å². The summed E-state index contributed by atoms with van der Waals surface area (Å²) < 4.78 is 12.9. The molecule has 1 heterocycles. The standard InChI is InChI=1S/C22H17Br2NO4/c23-14-7-5-13(6-8-14)21(26)16-11-19-20(29-10-9-28-19)12-18(16)25-22(27)15-3-1-2-4-17(15)24/h1-8,11-12,21,26H,9-10H2,(H,25,27)/t21-/m1/s1. The summed E-state index contributed by atoms with van der Waals surface area (Å²) in [6.45, 7) is 0.864. The quantitative estimate of drug-likeness (QED) is 0.490. The maximum atomic E-state index is 12.9. The predicted octanol–water partition coefficient (Wildman–Crippen LogP) is 5.32. The van der Waals surface area contributed by atoms with Crippen molar-refractivity contribution in [3.63, 3.8) is 0 Å². The second-order valence-corrected chi connectivity index (χ2v) is 8.24. The molecule has 3 aromatic carbocycles. The first-order valence-corrected chi connectivity index (χ1v) is 10.5. The smallest absolute Gasteiger partial charge is 0.256 e. The molecule has 4 rings (SSSR count). The molecule has 0 aromatic heterocycles. The molecule has 0 fully saturated rings. The van der Waals surface area contributed by atoms with Gasteiger partial charge in [-0.05, 0) is 51.8 Å². The predicted molar refractivity (Wildman–Crippen MR) is 118 cm³/mol. The number of nitrogens with one attached hydrogen (secondary N) is 1. The molecule has 1 aliphatic rings. The number of rotatable bonds is 4. The zero-order valence-electron chi connectivity index (χ0n) is 15.2. The van der Waals surface area contributed by atoms with E-state index in [0.717, 1.165) is 4.47 Å². The topological polar surface area (TPSA) is 67.8 Å². The fraction of sp³-hybridized carbons (Fsp3) is 0.136. The van der Waals surface area contributed by atoms with E-state index in [0.29, 0.717) is 51.6 Å². The minimum absolute atomic E-state index is 0.293. The van der Waals surface area contributed by atoms with E-state index in [4.69, 9.17) is 9.47 Å². The summed E-state index contributed by atoms with van der Waals surface area (Å²) in [5.74, 6) is 0.783. The summed E-state index contributed by atoms with van der Waals surface area (Å²) in [6, 6.07) is 17.9. The van der Waals surface area contributed by atoms with Gasteiger partial charge in [-0.1, -0.05) is 40.2 Å². The Morgan fingerprint density at radius 1 is 0.966 bits per heavy atom. The lowest BCUT2D eigenvalue weighted by Gasteiger charge is -2.23. The lowest BCUT2D eigenvalue weighted by molar-refractivity contribution is 0.102. The molecule has 0 saturated carbocycles. The third kappa shape index (κ3) is 4.32.